The molecule has 0 spiro atoms. The van der Waals surface area contributed by atoms with Crippen molar-refractivity contribution in [1.29, 1.82) is 0 Å². The molecule has 1 N–H and O–H groups in total. The number of carbonyl (C=O) groups is 1. The minimum absolute atomic E-state index is 0.321. The summed E-state index contributed by atoms with van der Waals surface area (Å²) in [5.74, 6) is 0.354. The van der Waals surface area contributed by atoms with Crippen LogP contribution < -0.4 is 5.32 Å². The molecule has 82 valence electrons. The Balaban J connectivity index is 2.02. The van der Waals surface area contributed by atoms with Crippen LogP contribution in [0.15, 0.2) is 0 Å². The van der Waals surface area contributed by atoms with Gasteiger partial charge in [-0.2, -0.15) is 0 Å². The van der Waals surface area contributed by atoms with Crippen LogP contribution in [-0.4, -0.2) is 32.0 Å². The van der Waals surface area contributed by atoms with Gasteiger partial charge in [-0.1, -0.05) is 13.8 Å². The van der Waals surface area contributed by atoms with Gasteiger partial charge in [0.15, 0.2) is 0 Å². The first-order valence-corrected chi connectivity index (χ1v) is 5.21. The van der Waals surface area contributed by atoms with Gasteiger partial charge in [-0.05, 0) is 25.3 Å². The maximum Gasteiger partial charge on any atom is 0.508 e. The van der Waals surface area contributed by atoms with E-state index >= 15 is 0 Å². The first-order chi connectivity index (χ1) is 6.68. The lowest BCUT2D eigenvalue weighted by Crippen LogP contribution is -2.28. The first-order valence-electron chi connectivity index (χ1n) is 5.21. The molecule has 4 heteroatoms. The second kappa shape index (κ2) is 5.86. The van der Waals surface area contributed by atoms with Gasteiger partial charge in [0.2, 0.25) is 0 Å². The zero-order valence-electron chi connectivity index (χ0n) is 8.91. The zero-order chi connectivity index (χ0) is 10.4. The van der Waals surface area contributed by atoms with Gasteiger partial charge in [0.25, 0.3) is 0 Å². The van der Waals surface area contributed by atoms with Gasteiger partial charge < -0.3 is 14.8 Å². The molecule has 0 saturated carbocycles. The molecule has 0 aromatic carbocycles. The fourth-order valence-electron chi connectivity index (χ4n) is 1.34. The Kier molecular flexibility index (Phi) is 4.73. The summed E-state index contributed by atoms with van der Waals surface area (Å²) in [7, 11) is 0. The van der Waals surface area contributed by atoms with Gasteiger partial charge in [0, 0.05) is 6.04 Å². The van der Waals surface area contributed by atoms with Gasteiger partial charge in [-0.3, -0.25) is 0 Å². The van der Waals surface area contributed by atoms with E-state index in [-0.39, 0.29) is 0 Å². The minimum Gasteiger partial charge on any atom is -0.434 e. The van der Waals surface area contributed by atoms with Gasteiger partial charge in [0.05, 0.1) is 6.61 Å². The highest BCUT2D eigenvalue weighted by Crippen LogP contribution is 2.05. The highest BCUT2D eigenvalue weighted by Gasteiger charge is 2.16. The van der Waals surface area contributed by atoms with Crippen molar-refractivity contribution >= 4 is 6.16 Å². The van der Waals surface area contributed by atoms with E-state index in [2.05, 4.69) is 5.32 Å². The highest BCUT2D eigenvalue weighted by molar-refractivity contribution is 5.59. The summed E-state index contributed by atoms with van der Waals surface area (Å²) in [6.07, 6.45) is 1.69. The van der Waals surface area contributed by atoms with E-state index in [1.54, 1.807) is 0 Å². The van der Waals surface area contributed by atoms with Crippen molar-refractivity contribution in [2.45, 2.75) is 32.7 Å². The van der Waals surface area contributed by atoms with E-state index in [4.69, 9.17) is 9.47 Å². The number of carbonyl (C=O) groups excluding carboxylic acids is 1. The van der Waals surface area contributed by atoms with Crippen LogP contribution in [0.1, 0.15) is 26.7 Å². The number of rotatable bonds is 4. The molecule has 1 heterocycles. The summed E-state index contributed by atoms with van der Waals surface area (Å²) >= 11 is 0. The van der Waals surface area contributed by atoms with Gasteiger partial charge in [0.1, 0.15) is 6.61 Å². The van der Waals surface area contributed by atoms with E-state index in [9.17, 15) is 4.79 Å². The SMILES string of the molecule is CC(C)COC(=O)OCC1CCCN1. The maximum atomic E-state index is 11.0. The van der Waals surface area contributed by atoms with Crippen molar-refractivity contribution in [3.05, 3.63) is 0 Å². The van der Waals surface area contributed by atoms with Gasteiger partial charge >= 0.3 is 6.16 Å². The average molecular weight is 201 g/mol. The molecule has 0 aromatic rings. The fraction of sp³-hybridized carbons (Fsp3) is 0.900. The van der Waals surface area contributed by atoms with E-state index in [1.165, 1.54) is 0 Å². The normalized spacial score (nSPS) is 21.2. The third-order valence-corrected chi connectivity index (χ3v) is 2.10. The zero-order valence-corrected chi connectivity index (χ0v) is 8.91. The topological polar surface area (TPSA) is 47.6 Å². The molecule has 0 amide bonds. The first kappa shape index (κ1) is 11.3. The van der Waals surface area contributed by atoms with Gasteiger partial charge in [-0.25, -0.2) is 4.79 Å². The summed E-state index contributed by atoms with van der Waals surface area (Å²) < 4.78 is 9.83. The van der Waals surface area contributed by atoms with Crippen molar-refractivity contribution in [2.75, 3.05) is 19.8 Å². The van der Waals surface area contributed by atoms with E-state index < -0.39 is 6.16 Å². The van der Waals surface area contributed by atoms with Crippen LogP contribution in [0.4, 0.5) is 4.79 Å². The van der Waals surface area contributed by atoms with Crippen molar-refractivity contribution in [3.8, 4) is 0 Å². The molecule has 4 nitrogen and oxygen atoms in total. The maximum absolute atomic E-state index is 11.0. The lowest BCUT2D eigenvalue weighted by atomic mass is 10.2. The minimum atomic E-state index is -0.549. The van der Waals surface area contributed by atoms with Crippen molar-refractivity contribution in [2.24, 2.45) is 5.92 Å². The summed E-state index contributed by atoms with van der Waals surface area (Å²) in [5.41, 5.74) is 0. The average Bonchev–Trinajstić information content (AvgIpc) is 2.63. The smallest absolute Gasteiger partial charge is 0.434 e. The van der Waals surface area contributed by atoms with Crippen LogP contribution in [0.3, 0.4) is 0 Å². The molecule has 1 fully saturated rings. The summed E-state index contributed by atoms with van der Waals surface area (Å²) in [5, 5.41) is 3.24. The number of ether oxygens (including phenoxy) is 2. The highest BCUT2D eigenvalue weighted by atomic mass is 16.7. The molecule has 0 radical (unpaired) electrons. The van der Waals surface area contributed by atoms with Crippen molar-refractivity contribution in [1.82, 2.24) is 5.32 Å². The summed E-state index contributed by atoms with van der Waals surface area (Å²) in [4.78, 5) is 11.0. The van der Waals surface area contributed by atoms with E-state index in [1.807, 2.05) is 13.8 Å². The second-order valence-electron chi connectivity index (χ2n) is 4.06. The molecular formula is C10H19NO3. The molecule has 0 bridgehead atoms. The van der Waals surface area contributed by atoms with Crippen LogP contribution in [0.25, 0.3) is 0 Å². The predicted octanol–water partition coefficient (Wildman–Crippen LogP) is 1.55. The fourth-order valence-corrected chi connectivity index (χ4v) is 1.34. The Morgan fingerprint density at radius 1 is 1.50 bits per heavy atom. The third kappa shape index (κ3) is 4.46. The molecule has 1 aliphatic heterocycles. The Morgan fingerprint density at radius 2 is 2.29 bits per heavy atom. The molecular weight excluding hydrogens is 182 g/mol. The molecule has 1 aliphatic rings. The molecule has 0 aromatic heterocycles. The summed E-state index contributed by atoms with van der Waals surface area (Å²) in [6.45, 7) is 5.86. The Labute approximate surface area is 85.0 Å². The standard InChI is InChI=1S/C10H19NO3/c1-8(2)6-13-10(12)14-7-9-4-3-5-11-9/h8-9,11H,3-7H2,1-2H3. The Morgan fingerprint density at radius 3 is 2.86 bits per heavy atom. The van der Waals surface area contributed by atoms with E-state index in [0.29, 0.717) is 25.2 Å². The molecule has 1 atom stereocenters. The van der Waals surface area contributed by atoms with Gasteiger partial charge in [-0.15, -0.1) is 0 Å². The molecule has 1 unspecified atom stereocenters. The second-order valence-corrected chi connectivity index (χ2v) is 4.06. The summed E-state index contributed by atoms with van der Waals surface area (Å²) in [6, 6.07) is 0.321. The number of hydrogen-bond acceptors (Lipinski definition) is 4. The van der Waals surface area contributed by atoms with Crippen LogP contribution >= 0.6 is 0 Å². The van der Waals surface area contributed by atoms with Crippen molar-refractivity contribution < 1.29 is 14.3 Å². The van der Waals surface area contributed by atoms with Crippen LogP contribution in [0.5, 0.6) is 0 Å². The third-order valence-electron chi connectivity index (χ3n) is 2.10. The monoisotopic (exact) mass is 201 g/mol. The number of hydrogen-bond donors (Lipinski definition) is 1. The quantitative estimate of drug-likeness (QED) is 0.701. The van der Waals surface area contributed by atoms with Crippen LogP contribution in [-0.2, 0) is 9.47 Å². The van der Waals surface area contributed by atoms with Crippen LogP contribution in [0, 0.1) is 5.92 Å². The lowest BCUT2D eigenvalue weighted by Gasteiger charge is -2.11. The molecule has 14 heavy (non-hydrogen) atoms. The predicted molar refractivity (Wildman–Crippen MR) is 53.2 cm³/mol. The molecule has 1 rings (SSSR count). The molecule has 1 saturated heterocycles. The van der Waals surface area contributed by atoms with E-state index in [0.717, 1.165) is 19.4 Å². The molecule has 0 aliphatic carbocycles. The largest absolute Gasteiger partial charge is 0.508 e. The lowest BCUT2D eigenvalue weighted by molar-refractivity contribution is 0.0427. The Hall–Kier alpha value is -0.770. The van der Waals surface area contributed by atoms with Crippen molar-refractivity contribution in [3.63, 3.8) is 0 Å². The van der Waals surface area contributed by atoms with Crippen LogP contribution in [0.2, 0.25) is 0 Å². The Bertz CT molecular complexity index is 176. The number of nitrogens with one attached hydrogen (secondary N) is 1.